The Morgan fingerprint density at radius 1 is 1.10 bits per heavy atom. The molecule has 0 aliphatic rings. The summed E-state index contributed by atoms with van der Waals surface area (Å²) in [5.41, 5.74) is 4.03. The van der Waals surface area contributed by atoms with E-state index in [2.05, 4.69) is 20.7 Å². The van der Waals surface area contributed by atoms with Crippen LogP contribution in [0.1, 0.15) is 11.4 Å². The van der Waals surface area contributed by atoms with Gasteiger partial charge in [0, 0.05) is 24.5 Å². The second-order valence-corrected chi connectivity index (χ2v) is 7.36. The Balaban J connectivity index is 1.61. The van der Waals surface area contributed by atoms with Crippen LogP contribution in [-0.4, -0.2) is 63.2 Å². The molecule has 0 bridgehead atoms. The maximum atomic E-state index is 12.3. The molecule has 0 unspecified atom stereocenters. The molecule has 2 heterocycles. The summed E-state index contributed by atoms with van der Waals surface area (Å²) in [5.74, 6) is -0.219. The number of imidazole rings is 1. The number of hydrogen-bond acceptors (Lipinski definition) is 5. The lowest BCUT2D eigenvalue weighted by molar-refractivity contribution is -0.121. The van der Waals surface area contributed by atoms with Gasteiger partial charge in [0.2, 0.25) is 11.8 Å². The van der Waals surface area contributed by atoms with Crippen LogP contribution >= 0.6 is 0 Å². The van der Waals surface area contributed by atoms with E-state index in [-0.39, 0.29) is 24.9 Å². The van der Waals surface area contributed by atoms with E-state index >= 15 is 0 Å². The van der Waals surface area contributed by atoms with Gasteiger partial charge >= 0.3 is 0 Å². The predicted octanol–water partition coefficient (Wildman–Crippen LogP) is 1.17. The second-order valence-electron chi connectivity index (χ2n) is 7.36. The van der Waals surface area contributed by atoms with Crippen LogP contribution < -0.4 is 10.6 Å². The molecule has 0 fully saturated rings. The molecule has 3 rings (SSSR count). The first-order chi connectivity index (χ1) is 13.8. The van der Waals surface area contributed by atoms with Crippen molar-refractivity contribution in [2.75, 3.05) is 32.5 Å². The Morgan fingerprint density at radius 2 is 1.90 bits per heavy atom. The normalized spacial score (nSPS) is 11.2. The summed E-state index contributed by atoms with van der Waals surface area (Å²) in [7, 11) is 3.92. The van der Waals surface area contributed by atoms with Crippen LogP contribution in [0.2, 0.25) is 0 Å². The van der Waals surface area contributed by atoms with E-state index in [9.17, 15) is 9.59 Å². The van der Waals surface area contributed by atoms with Gasteiger partial charge in [-0.15, -0.1) is 0 Å². The molecule has 0 aliphatic heterocycles. The number of amides is 2. The fraction of sp³-hybridized carbons (Fsp3) is 0.400. The van der Waals surface area contributed by atoms with Crippen molar-refractivity contribution in [3.63, 3.8) is 0 Å². The molecule has 0 atom stereocenters. The third-order valence-electron chi connectivity index (χ3n) is 4.50. The molecular weight excluding hydrogens is 370 g/mol. The largest absolute Gasteiger partial charge is 0.353 e. The van der Waals surface area contributed by atoms with Crippen molar-refractivity contribution < 1.29 is 9.59 Å². The van der Waals surface area contributed by atoms with Gasteiger partial charge in [0.1, 0.15) is 13.1 Å². The number of carbonyl (C=O) groups excluding carboxylic acids is 2. The van der Waals surface area contributed by atoms with Crippen LogP contribution in [0.15, 0.2) is 30.6 Å². The highest BCUT2D eigenvalue weighted by Gasteiger charge is 2.11. The number of nitrogens with one attached hydrogen (secondary N) is 2. The Kier molecular flexibility index (Phi) is 6.28. The molecule has 154 valence electrons. The van der Waals surface area contributed by atoms with E-state index in [1.807, 2.05) is 51.0 Å². The monoisotopic (exact) mass is 397 g/mol. The summed E-state index contributed by atoms with van der Waals surface area (Å²) in [4.78, 5) is 30.8. The van der Waals surface area contributed by atoms with Crippen LogP contribution in [-0.2, 0) is 22.7 Å². The molecule has 0 spiro atoms. The highest BCUT2D eigenvalue weighted by Crippen LogP contribution is 2.18. The molecule has 2 aromatic heterocycles. The minimum atomic E-state index is -0.157. The van der Waals surface area contributed by atoms with E-state index in [0.717, 1.165) is 29.0 Å². The van der Waals surface area contributed by atoms with Crippen LogP contribution in [0.4, 0.5) is 5.69 Å². The van der Waals surface area contributed by atoms with Gasteiger partial charge in [-0.1, -0.05) is 0 Å². The van der Waals surface area contributed by atoms with Crippen LogP contribution in [0, 0.1) is 13.8 Å². The summed E-state index contributed by atoms with van der Waals surface area (Å²) in [6, 6.07) is 7.40. The van der Waals surface area contributed by atoms with Crippen LogP contribution in [0.5, 0.6) is 0 Å². The van der Waals surface area contributed by atoms with Crippen molar-refractivity contribution in [2.24, 2.45) is 0 Å². The fourth-order valence-electron chi connectivity index (χ4n) is 3.07. The number of nitrogens with zero attached hydrogens (tertiary/aromatic N) is 5. The molecule has 2 amide bonds. The van der Waals surface area contributed by atoms with E-state index in [0.29, 0.717) is 12.2 Å². The van der Waals surface area contributed by atoms with Gasteiger partial charge in [0.15, 0.2) is 0 Å². The Morgan fingerprint density at radius 3 is 2.59 bits per heavy atom. The van der Waals surface area contributed by atoms with Gasteiger partial charge in [0.25, 0.3) is 0 Å². The zero-order valence-corrected chi connectivity index (χ0v) is 17.3. The summed E-state index contributed by atoms with van der Waals surface area (Å²) >= 11 is 0. The number of aryl methyl sites for hydroxylation is 2. The highest BCUT2D eigenvalue weighted by molar-refractivity contribution is 5.93. The number of aromatic nitrogens is 4. The molecule has 0 aliphatic carbocycles. The summed E-state index contributed by atoms with van der Waals surface area (Å²) in [5, 5.41) is 10.1. The molecule has 3 aromatic rings. The third-order valence-corrected chi connectivity index (χ3v) is 4.50. The van der Waals surface area contributed by atoms with E-state index in [4.69, 9.17) is 0 Å². The minimum Gasteiger partial charge on any atom is -0.353 e. The Bertz CT molecular complexity index is 1020. The predicted molar refractivity (Wildman–Crippen MR) is 112 cm³/mol. The third kappa shape index (κ3) is 5.41. The Hall–Kier alpha value is -3.20. The summed E-state index contributed by atoms with van der Waals surface area (Å²) < 4.78 is 3.47. The summed E-state index contributed by atoms with van der Waals surface area (Å²) in [6.45, 7) is 5.56. The SMILES string of the molecule is Cc1cc(C)n(CC(=O)Nc2ccc3c(c2)ncn3CC(=O)NCCN(C)C)n1. The second kappa shape index (κ2) is 8.87. The van der Waals surface area contributed by atoms with Gasteiger partial charge in [-0.2, -0.15) is 5.10 Å². The van der Waals surface area contributed by atoms with E-state index in [1.54, 1.807) is 21.6 Å². The molecule has 2 N–H and O–H groups in total. The Labute approximate surface area is 169 Å². The van der Waals surface area contributed by atoms with E-state index < -0.39 is 0 Å². The van der Waals surface area contributed by atoms with Gasteiger partial charge in [-0.05, 0) is 52.2 Å². The number of carbonyl (C=O) groups is 2. The van der Waals surface area contributed by atoms with Gasteiger partial charge < -0.3 is 20.1 Å². The zero-order chi connectivity index (χ0) is 21.0. The first-order valence-corrected chi connectivity index (χ1v) is 9.49. The lowest BCUT2D eigenvalue weighted by Crippen LogP contribution is -2.33. The number of hydrogen-bond donors (Lipinski definition) is 2. The average Bonchev–Trinajstić information content (AvgIpc) is 3.16. The number of likely N-dealkylation sites (N-methyl/N-ethyl adjacent to an activating group) is 1. The number of anilines is 1. The van der Waals surface area contributed by atoms with Crippen molar-refractivity contribution in [1.82, 2.24) is 29.5 Å². The fourth-order valence-corrected chi connectivity index (χ4v) is 3.07. The molecule has 0 saturated heterocycles. The van der Waals surface area contributed by atoms with Crippen molar-refractivity contribution >= 4 is 28.5 Å². The van der Waals surface area contributed by atoms with Crippen LogP contribution in [0.3, 0.4) is 0 Å². The first kappa shape index (κ1) is 20.5. The zero-order valence-electron chi connectivity index (χ0n) is 17.3. The van der Waals surface area contributed by atoms with Crippen LogP contribution in [0.25, 0.3) is 11.0 Å². The number of benzene rings is 1. The average molecular weight is 397 g/mol. The molecule has 0 radical (unpaired) electrons. The number of rotatable bonds is 8. The maximum absolute atomic E-state index is 12.3. The van der Waals surface area contributed by atoms with Gasteiger partial charge in [-0.25, -0.2) is 4.98 Å². The van der Waals surface area contributed by atoms with Gasteiger partial charge in [0.05, 0.1) is 23.1 Å². The molecule has 9 nitrogen and oxygen atoms in total. The first-order valence-electron chi connectivity index (χ1n) is 9.49. The highest BCUT2D eigenvalue weighted by atomic mass is 16.2. The van der Waals surface area contributed by atoms with Crippen molar-refractivity contribution in [2.45, 2.75) is 26.9 Å². The quantitative estimate of drug-likeness (QED) is 0.595. The molecular formula is C20H27N7O2. The number of fused-ring (bicyclic) bond motifs is 1. The minimum absolute atomic E-state index is 0.0617. The molecule has 29 heavy (non-hydrogen) atoms. The van der Waals surface area contributed by atoms with Crippen molar-refractivity contribution in [3.05, 3.63) is 42.0 Å². The standard InChI is InChI=1S/C20H27N7O2/c1-14-9-15(2)27(24-14)12-20(29)23-16-5-6-18-17(10-16)22-13-26(18)11-19(28)21-7-8-25(3)4/h5-6,9-10,13H,7-8,11-12H2,1-4H3,(H,21,28)(H,23,29). The smallest absolute Gasteiger partial charge is 0.246 e. The van der Waals surface area contributed by atoms with E-state index in [1.165, 1.54) is 0 Å². The lowest BCUT2D eigenvalue weighted by atomic mass is 10.2. The molecule has 1 aromatic carbocycles. The summed E-state index contributed by atoms with van der Waals surface area (Å²) in [6.07, 6.45) is 1.64. The molecule has 0 saturated carbocycles. The van der Waals surface area contributed by atoms with Crippen molar-refractivity contribution in [1.29, 1.82) is 0 Å². The maximum Gasteiger partial charge on any atom is 0.246 e. The molecule has 9 heteroatoms. The topological polar surface area (TPSA) is 97.1 Å². The van der Waals surface area contributed by atoms with Crippen molar-refractivity contribution in [3.8, 4) is 0 Å². The lowest BCUT2D eigenvalue weighted by Gasteiger charge is -2.11. The van der Waals surface area contributed by atoms with Gasteiger partial charge in [-0.3, -0.25) is 14.3 Å².